The third-order valence-corrected chi connectivity index (χ3v) is 3.08. The van der Waals surface area contributed by atoms with Gasteiger partial charge in [0.05, 0.1) is 0 Å². The van der Waals surface area contributed by atoms with Gasteiger partial charge in [-0.25, -0.2) is 0 Å². The lowest BCUT2D eigenvalue weighted by molar-refractivity contribution is -0.147. The van der Waals surface area contributed by atoms with Crippen molar-refractivity contribution in [3.8, 4) is 0 Å². The van der Waals surface area contributed by atoms with E-state index in [0.717, 1.165) is 12.0 Å². The molecule has 0 saturated heterocycles. The molecule has 1 rings (SSSR count). The molecule has 4 heteroatoms. The number of benzene rings is 1. The number of nitrogens with two attached hydrogens (primary N) is 1. The molecule has 0 aliphatic heterocycles. The topological polar surface area (TPSA) is 52.3 Å². The van der Waals surface area contributed by atoms with Crippen LogP contribution in [0.15, 0.2) is 24.3 Å². The van der Waals surface area contributed by atoms with Crippen molar-refractivity contribution < 1.29 is 9.53 Å². The minimum Gasteiger partial charge on any atom is -0.460 e. The molecule has 0 bridgehead atoms. The lowest BCUT2D eigenvalue weighted by atomic mass is 10.0. The highest BCUT2D eigenvalue weighted by Gasteiger charge is 2.20. The van der Waals surface area contributed by atoms with Crippen molar-refractivity contribution in [1.82, 2.24) is 0 Å². The van der Waals surface area contributed by atoms with Crippen LogP contribution in [0.5, 0.6) is 0 Å². The first kappa shape index (κ1) is 14.0. The zero-order valence-electron chi connectivity index (χ0n) is 10.2. The van der Waals surface area contributed by atoms with Crippen LogP contribution in [0.4, 0.5) is 0 Å². The van der Waals surface area contributed by atoms with Crippen LogP contribution in [-0.4, -0.2) is 12.0 Å². The van der Waals surface area contributed by atoms with Gasteiger partial charge < -0.3 is 10.5 Å². The molecule has 0 aliphatic carbocycles. The maximum Gasteiger partial charge on any atom is 0.323 e. The van der Waals surface area contributed by atoms with Crippen molar-refractivity contribution in [2.24, 2.45) is 11.7 Å². The summed E-state index contributed by atoms with van der Waals surface area (Å²) in [5.74, 6) is -0.220. The minimum atomic E-state index is -0.549. The van der Waals surface area contributed by atoms with Crippen LogP contribution >= 0.6 is 11.6 Å². The summed E-state index contributed by atoms with van der Waals surface area (Å²) in [6.45, 7) is 4.17. The summed E-state index contributed by atoms with van der Waals surface area (Å²) in [6.07, 6.45) is 0.858. The Kier molecular flexibility index (Phi) is 5.45. The summed E-state index contributed by atoms with van der Waals surface area (Å²) < 4.78 is 5.15. The van der Waals surface area contributed by atoms with Gasteiger partial charge in [-0.05, 0) is 23.6 Å². The van der Waals surface area contributed by atoms with Gasteiger partial charge in [0.1, 0.15) is 12.6 Å². The average molecular weight is 256 g/mol. The maximum atomic E-state index is 11.6. The lowest BCUT2D eigenvalue weighted by Gasteiger charge is -2.16. The fourth-order valence-electron chi connectivity index (χ4n) is 1.32. The number of hydrogen-bond acceptors (Lipinski definition) is 3. The molecule has 94 valence electrons. The number of carbonyl (C=O) groups excluding carboxylic acids is 1. The zero-order valence-corrected chi connectivity index (χ0v) is 10.9. The molecule has 0 aliphatic rings. The average Bonchev–Trinajstić information content (AvgIpc) is 2.35. The second kappa shape index (κ2) is 6.62. The smallest absolute Gasteiger partial charge is 0.323 e. The van der Waals surface area contributed by atoms with Crippen molar-refractivity contribution in [1.29, 1.82) is 0 Å². The SMILES string of the molecule is CCC(C)[C@H](N)C(=O)OCc1ccc(Cl)cc1. The molecule has 17 heavy (non-hydrogen) atoms. The molecule has 2 atom stereocenters. The fraction of sp³-hybridized carbons (Fsp3) is 0.462. The van der Waals surface area contributed by atoms with Crippen LogP contribution in [0, 0.1) is 5.92 Å². The molecule has 0 heterocycles. The Morgan fingerprint density at radius 2 is 2.00 bits per heavy atom. The van der Waals surface area contributed by atoms with Crippen molar-refractivity contribution in [3.05, 3.63) is 34.9 Å². The Balaban J connectivity index is 2.45. The van der Waals surface area contributed by atoms with Gasteiger partial charge in [0.15, 0.2) is 0 Å². The number of rotatable bonds is 5. The Morgan fingerprint density at radius 3 is 2.53 bits per heavy atom. The van der Waals surface area contributed by atoms with Crippen LogP contribution in [0.1, 0.15) is 25.8 Å². The third kappa shape index (κ3) is 4.36. The molecule has 1 aromatic carbocycles. The monoisotopic (exact) mass is 255 g/mol. The predicted molar refractivity (Wildman–Crippen MR) is 68.7 cm³/mol. The van der Waals surface area contributed by atoms with Gasteiger partial charge in [-0.1, -0.05) is 44.0 Å². The first-order valence-electron chi connectivity index (χ1n) is 5.71. The molecular weight excluding hydrogens is 238 g/mol. The number of halogens is 1. The standard InChI is InChI=1S/C13H18ClNO2/c1-3-9(2)12(15)13(16)17-8-10-4-6-11(14)7-5-10/h4-7,9,12H,3,8,15H2,1-2H3/t9?,12-/m0/s1. The first-order chi connectivity index (χ1) is 8.04. The van der Waals surface area contributed by atoms with Crippen molar-refractivity contribution in [2.45, 2.75) is 32.9 Å². The summed E-state index contributed by atoms with van der Waals surface area (Å²) in [7, 11) is 0. The van der Waals surface area contributed by atoms with Crippen LogP contribution in [0.3, 0.4) is 0 Å². The van der Waals surface area contributed by atoms with E-state index in [1.807, 2.05) is 26.0 Å². The third-order valence-electron chi connectivity index (χ3n) is 2.82. The van der Waals surface area contributed by atoms with Crippen molar-refractivity contribution in [3.63, 3.8) is 0 Å². The molecule has 1 unspecified atom stereocenters. The van der Waals surface area contributed by atoms with Gasteiger partial charge in [0.2, 0.25) is 0 Å². The molecule has 0 fully saturated rings. The highest BCUT2D eigenvalue weighted by atomic mass is 35.5. The largest absolute Gasteiger partial charge is 0.460 e. The van der Waals surface area contributed by atoms with Gasteiger partial charge >= 0.3 is 5.97 Å². The normalized spacial score (nSPS) is 14.1. The van der Waals surface area contributed by atoms with Gasteiger partial charge in [0, 0.05) is 5.02 Å². The van der Waals surface area contributed by atoms with E-state index < -0.39 is 6.04 Å². The second-order valence-electron chi connectivity index (χ2n) is 4.15. The Morgan fingerprint density at radius 1 is 1.41 bits per heavy atom. The molecule has 1 aromatic rings. The van der Waals surface area contributed by atoms with Crippen LogP contribution < -0.4 is 5.73 Å². The van der Waals surface area contributed by atoms with Crippen molar-refractivity contribution >= 4 is 17.6 Å². The highest BCUT2D eigenvalue weighted by Crippen LogP contribution is 2.12. The van der Waals surface area contributed by atoms with Crippen LogP contribution in [-0.2, 0) is 16.1 Å². The fourth-order valence-corrected chi connectivity index (χ4v) is 1.44. The molecule has 0 amide bonds. The van der Waals surface area contributed by atoms with Gasteiger partial charge in [-0.15, -0.1) is 0 Å². The molecular formula is C13H18ClNO2. The van der Waals surface area contributed by atoms with E-state index in [1.54, 1.807) is 12.1 Å². The molecule has 2 N–H and O–H groups in total. The summed E-state index contributed by atoms with van der Waals surface area (Å²) >= 11 is 5.76. The van der Waals surface area contributed by atoms with E-state index in [0.29, 0.717) is 5.02 Å². The summed E-state index contributed by atoms with van der Waals surface area (Å²) in [5.41, 5.74) is 6.67. The number of ether oxygens (including phenoxy) is 1. The molecule has 0 saturated carbocycles. The second-order valence-corrected chi connectivity index (χ2v) is 4.58. The molecule has 0 spiro atoms. The molecule has 3 nitrogen and oxygen atoms in total. The number of carbonyl (C=O) groups is 1. The van der Waals surface area contributed by atoms with Gasteiger partial charge in [-0.2, -0.15) is 0 Å². The van der Waals surface area contributed by atoms with E-state index >= 15 is 0 Å². The maximum absolute atomic E-state index is 11.6. The van der Waals surface area contributed by atoms with Crippen LogP contribution in [0.2, 0.25) is 5.02 Å². The minimum absolute atomic E-state index is 0.132. The number of hydrogen-bond donors (Lipinski definition) is 1. The van der Waals surface area contributed by atoms with E-state index in [-0.39, 0.29) is 18.5 Å². The van der Waals surface area contributed by atoms with E-state index in [9.17, 15) is 4.79 Å². The van der Waals surface area contributed by atoms with Gasteiger partial charge in [0.25, 0.3) is 0 Å². The summed E-state index contributed by atoms with van der Waals surface area (Å²) in [4.78, 5) is 11.6. The highest BCUT2D eigenvalue weighted by molar-refractivity contribution is 6.30. The Labute approximate surface area is 107 Å². The van der Waals surface area contributed by atoms with Crippen LogP contribution in [0.25, 0.3) is 0 Å². The molecule has 0 aromatic heterocycles. The van der Waals surface area contributed by atoms with E-state index in [2.05, 4.69) is 0 Å². The zero-order chi connectivity index (χ0) is 12.8. The van der Waals surface area contributed by atoms with Crippen molar-refractivity contribution in [2.75, 3.05) is 0 Å². The quantitative estimate of drug-likeness (QED) is 0.823. The summed E-state index contributed by atoms with van der Waals surface area (Å²) in [5, 5.41) is 0.663. The Hall–Kier alpha value is -1.06. The van der Waals surface area contributed by atoms with E-state index in [4.69, 9.17) is 22.1 Å². The molecule has 0 radical (unpaired) electrons. The summed E-state index contributed by atoms with van der Waals surface area (Å²) in [6, 6.07) is 6.63. The van der Waals surface area contributed by atoms with Gasteiger partial charge in [-0.3, -0.25) is 4.79 Å². The lowest BCUT2D eigenvalue weighted by Crippen LogP contribution is -2.37. The first-order valence-corrected chi connectivity index (χ1v) is 6.09. The van der Waals surface area contributed by atoms with E-state index in [1.165, 1.54) is 0 Å². The Bertz CT molecular complexity index is 364. The number of esters is 1. The predicted octanol–water partition coefficient (Wildman–Crippen LogP) is 2.76.